The van der Waals surface area contributed by atoms with Gasteiger partial charge in [0.2, 0.25) is 0 Å². The smallest absolute Gasteiger partial charge is 0.191 e. The molecule has 0 unspecified atom stereocenters. The summed E-state index contributed by atoms with van der Waals surface area (Å²) in [6.07, 6.45) is 0. The molecule has 2 heterocycles. The lowest BCUT2D eigenvalue weighted by Crippen LogP contribution is -2.09. The Kier molecular flexibility index (Phi) is 5.43. The Morgan fingerprint density at radius 3 is 2.62 bits per heavy atom. The van der Waals surface area contributed by atoms with E-state index in [1.54, 1.807) is 35.6 Å². The van der Waals surface area contributed by atoms with E-state index in [-0.39, 0.29) is 5.75 Å². The first kappa shape index (κ1) is 17.7. The molecule has 0 atom stereocenters. The molecule has 0 fully saturated rings. The van der Waals surface area contributed by atoms with Gasteiger partial charge in [0.25, 0.3) is 0 Å². The van der Waals surface area contributed by atoms with Crippen LogP contribution in [-0.4, -0.2) is 34.7 Å². The van der Waals surface area contributed by atoms with E-state index in [0.717, 1.165) is 15.2 Å². The molecule has 0 saturated heterocycles. The second-order valence-electron chi connectivity index (χ2n) is 4.96. The molecular formula is C15H14BrN3O2S3. The van der Waals surface area contributed by atoms with E-state index >= 15 is 0 Å². The van der Waals surface area contributed by atoms with E-state index < -0.39 is 9.84 Å². The number of benzene rings is 1. The van der Waals surface area contributed by atoms with Crippen LogP contribution in [-0.2, 0) is 16.9 Å². The van der Waals surface area contributed by atoms with E-state index in [1.807, 2.05) is 29.1 Å². The van der Waals surface area contributed by atoms with Gasteiger partial charge in [0.15, 0.2) is 20.8 Å². The van der Waals surface area contributed by atoms with Crippen molar-refractivity contribution in [3.63, 3.8) is 0 Å². The molecule has 0 bridgehead atoms. The van der Waals surface area contributed by atoms with Crippen LogP contribution in [0.5, 0.6) is 0 Å². The van der Waals surface area contributed by atoms with Gasteiger partial charge in [0.1, 0.15) is 0 Å². The molecule has 5 nitrogen and oxygen atoms in total. The average Bonchev–Trinajstić information content (AvgIpc) is 3.18. The molecule has 3 aromatic rings. The largest absolute Gasteiger partial charge is 0.305 e. The van der Waals surface area contributed by atoms with Crippen molar-refractivity contribution < 1.29 is 8.42 Å². The molecule has 0 aliphatic heterocycles. The molecule has 0 saturated carbocycles. The first-order valence-corrected chi connectivity index (χ1v) is 11.3. The van der Waals surface area contributed by atoms with Crippen LogP contribution in [0.1, 0.15) is 0 Å². The lowest BCUT2D eigenvalue weighted by Gasteiger charge is -2.05. The van der Waals surface area contributed by atoms with Crippen LogP contribution >= 0.6 is 39.0 Å². The zero-order valence-electron chi connectivity index (χ0n) is 12.7. The van der Waals surface area contributed by atoms with Gasteiger partial charge in [-0.1, -0.05) is 33.8 Å². The summed E-state index contributed by atoms with van der Waals surface area (Å²) < 4.78 is 27.4. The third-order valence-electron chi connectivity index (χ3n) is 3.33. The van der Waals surface area contributed by atoms with Crippen LogP contribution < -0.4 is 0 Å². The Hall–Kier alpha value is -1.16. The number of sulfone groups is 1. The van der Waals surface area contributed by atoms with Crippen molar-refractivity contribution in [1.29, 1.82) is 0 Å². The summed E-state index contributed by atoms with van der Waals surface area (Å²) in [5.74, 6) is 1.28. The van der Waals surface area contributed by atoms with E-state index in [1.165, 1.54) is 11.8 Å². The van der Waals surface area contributed by atoms with Crippen molar-refractivity contribution in [2.75, 3.05) is 11.5 Å². The normalized spacial score (nSPS) is 11.8. The van der Waals surface area contributed by atoms with Gasteiger partial charge >= 0.3 is 0 Å². The van der Waals surface area contributed by atoms with Gasteiger partial charge in [-0.15, -0.1) is 21.5 Å². The Labute approximate surface area is 157 Å². The molecule has 0 N–H and O–H groups in total. The lowest BCUT2D eigenvalue weighted by molar-refractivity contribution is 0.597. The van der Waals surface area contributed by atoms with Gasteiger partial charge in [-0.05, 0) is 35.7 Å². The first-order chi connectivity index (χ1) is 11.5. The molecule has 0 aliphatic carbocycles. The summed E-state index contributed by atoms with van der Waals surface area (Å²) in [6.45, 7) is 0. The number of halogens is 1. The molecular weight excluding hydrogens is 430 g/mol. The zero-order chi connectivity index (χ0) is 17.2. The van der Waals surface area contributed by atoms with Crippen LogP contribution in [0.2, 0.25) is 0 Å². The maximum absolute atomic E-state index is 12.3. The van der Waals surface area contributed by atoms with Gasteiger partial charge < -0.3 is 4.57 Å². The van der Waals surface area contributed by atoms with Crippen molar-refractivity contribution >= 4 is 48.9 Å². The summed E-state index contributed by atoms with van der Waals surface area (Å²) in [7, 11) is -1.40. The maximum atomic E-state index is 12.3. The van der Waals surface area contributed by atoms with Crippen molar-refractivity contribution in [2.45, 2.75) is 10.1 Å². The Balaban J connectivity index is 1.65. The SMILES string of the molecule is Cn1c(SCCS(=O)(=O)c2ccc(Br)cc2)nnc1-c1cccs1. The summed E-state index contributed by atoms with van der Waals surface area (Å²) >= 11 is 6.30. The fraction of sp³-hybridized carbons (Fsp3) is 0.200. The van der Waals surface area contributed by atoms with Crippen LogP contribution in [0.15, 0.2) is 56.3 Å². The van der Waals surface area contributed by atoms with Gasteiger partial charge in [-0.2, -0.15) is 0 Å². The topological polar surface area (TPSA) is 64.8 Å². The third-order valence-corrected chi connectivity index (χ3v) is 7.74. The average molecular weight is 444 g/mol. The lowest BCUT2D eigenvalue weighted by atomic mass is 10.4. The number of rotatable bonds is 6. The quantitative estimate of drug-likeness (QED) is 0.540. The summed E-state index contributed by atoms with van der Waals surface area (Å²) in [5, 5.41) is 11.0. The summed E-state index contributed by atoms with van der Waals surface area (Å²) in [5.41, 5.74) is 0. The number of nitrogens with zero attached hydrogens (tertiary/aromatic N) is 3. The van der Waals surface area contributed by atoms with Gasteiger partial charge in [0.05, 0.1) is 15.5 Å². The molecule has 0 aliphatic rings. The minimum absolute atomic E-state index is 0.0560. The molecule has 3 rings (SSSR count). The van der Waals surface area contributed by atoms with Crippen LogP contribution in [0.3, 0.4) is 0 Å². The highest BCUT2D eigenvalue weighted by Gasteiger charge is 2.16. The fourth-order valence-corrected chi connectivity index (χ4v) is 5.63. The molecule has 0 spiro atoms. The molecule has 24 heavy (non-hydrogen) atoms. The van der Waals surface area contributed by atoms with Crippen molar-refractivity contribution in [2.24, 2.45) is 7.05 Å². The van der Waals surface area contributed by atoms with Crippen molar-refractivity contribution in [3.05, 3.63) is 46.3 Å². The predicted molar refractivity (Wildman–Crippen MR) is 101 cm³/mol. The van der Waals surface area contributed by atoms with Crippen LogP contribution in [0.25, 0.3) is 10.7 Å². The van der Waals surface area contributed by atoms with Gasteiger partial charge in [0, 0.05) is 17.3 Å². The van der Waals surface area contributed by atoms with Gasteiger partial charge in [-0.25, -0.2) is 8.42 Å². The number of thioether (sulfide) groups is 1. The highest BCUT2D eigenvalue weighted by Crippen LogP contribution is 2.26. The monoisotopic (exact) mass is 443 g/mol. The summed E-state index contributed by atoms with van der Waals surface area (Å²) in [6, 6.07) is 10.6. The standard InChI is InChI=1S/C15H14BrN3O2S3/c1-19-14(13-3-2-8-22-13)17-18-15(19)23-9-10-24(20,21)12-6-4-11(16)5-7-12/h2-8H,9-10H2,1H3. The molecule has 2 aromatic heterocycles. The predicted octanol–water partition coefficient (Wildman–Crippen LogP) is 3.87. The van der Waals surface area contributed by atoms with Gasteiger partial charge in [-0.3, -0.25) is 0 Å². The number of hydrogen-bond donors (Lipinski definition) is 0. The molecule has 9 heteroatoms. The second-order valence-corrected chi connectivity index (χ2v) is 10.00. The van der Waals surface area contributed by atoms with Crippen molar-refractivity contribution in [1.82, 2.24) is 14.8 Å². The van der Waals surface area contributed by atoms with Crippen molar-refractivity contribution in [3.8, 4) is 10.7 Å². The van der Waals surface area contributed by atoms with E-state index in [2.05, 4.69) is 26.1 Å². The Morgan fingerprint density at radius 2 is 1.96 bits per heavy atom. The third kappa shape index (κ3) is 3.90. The van der Waals surface area contributed by atoms with E-state index in [9.17, 15) is 8.42 Å². The van der Waals surface area contributed by atoms with Crippen LogP contribution in [0, 0.1) is 0 Å². The van der Waals surface area contributed by atoms with E-state index in [0.29, 0.717) is 15.8 Å². The Morgan fingerprint density at radius 1 is 1.21 bits per heavy atom. The number of hydrogen-bond acceptors (Lipinski definition) is 6. The molecule has 0 amide bonds. The Bertz CT molecular complexity index is 920. The highest BCUT2D eigenvalue weighted by atomic mass is 79.9. The fourth-order valence-electron chi connectivity index (χ4n) is 2.06. The minimum atomic E-state index is -3.29. The minimum Gasteiger partial charge on any atom is -0.305 e. The first-order valence-electron chi connectivity index (χ1n) is 7.02. The molecule has 126 valence electrons. The zero-order valence-corrected chi connectivity index (χ0v) is 16.8. The second kappa shape index (κ2) is 7.38. The number of aromatic nitrogens is 3. The maximum Gasteiger partial charge on any atom is 0.191 e. The van der Waals surface area contributed by atoms with Crippen LogP contribution in [0.4, 0.5) is 0 Å². The molecule has 0 radical (unpaired) electrons. The highest BCUT2D eigenvalue weighted by molar-refractivity contribution is 9.10. The molecule has 1 aromatic carbocycles. The van der Waals surface area contributed by atoms with E-state index in [4.69, 9.17) is 0 Å². The number of thiophene rings is 1. The summed E-state index contributed by atoms with van der Waals surface area (Å²) in [4.78, 5) is 1.38.